The molecule has 146 valence electrons. The van der Waals surface area contributed by atoms with Crippen LogP contribution < -0.4 is 10.1 Å². The van der Waals surface area contributed by atoms with Gasteiger partial charge >= 0.3 is 0 Å². The van der Waals surface area contributed by atoms with Gasteiger partial charge in [-0.2, -0.15) is 0 Å². The van der Waals surface area contributed by atoms with E-state index in [1.807, 2.05) is 53.1 Å². The predicted octanol–water partition coefficient (Wildman–Crippen LogP) is 2.93. The summed E-state index contributed by atoms with van der Waals surface area (Å²) in [6, 6.07) is 15.9. The summed E-state index contributed by atoms with van der Waals surface area (Å²) < 4.78 is 12.8. The minimum absolute atomic E-state index is 0.0189. The van der Waals surface area contributed by atoms with E-state index in [1.165, 1.54) is 0 Å². The van der Waals surface area contributed by atoms with E-state index >= 15 is 0 Å². The first kappa shape index (κ1) is 18.5. The summed E-state index contributed by atoms with van der Waals surface area (Å²) in [5, 5.41) is 3.00. The molecule has 1 aliphatic rings. The fourth-order valence-electron chi connectivity index (χ4n) is 3.60. The number of carbonyl (C=O) groups excluding carboxylic acids is 1. The maximum Gasteiger partial charge on any atom is 0.240 e. The lowest BCUT2D eigenvalue weighted by molar-refractivity contribution is -0.122. The first-order valence-electron chi connectivity index (χ1n) is 9.68. The summed E-state index contributed by atoms with van der Waals surface area (Å²) in [4.78, 5) is 17.3. The van der Waals surface area contributed by atoms with E-state index in [2.05, 4.69) is 5.32 Å². The normalized spacial score (nSPS) is 16.4. The second kappa shape index (κ2) is 8.44. The van der Waals surface area contributed by atoms with Crippen LogP contribution in [0.5, 0.6) is 5.75 Å². The topological polar surface area (TPSA) is 65.4 Å². The van der Waals surface area contributed by atoms with Gasteiger partial charge in [0.1, 0.15) is 18.1 Å². The number of ether oxygens (including phenoxy) is 2. The molecular weight excluding hydrogens is 354 g/mol. The van der Waals surface area contributed by atoms with E-state index < -0.39 is 0 Å². The molecule has 1 saturated heterocycles. The van der Waals surface area contributed by atoms with Crippen molar-refractivity contribution in [3.63, 3.8) is 0 Å². The summed E-state index contributed by atoms with van der Waals surface area (Å²) in [7, 11) is 1.66. The molecule has 0 radical (unpaired) electrons. The molecule has 1 unspecified atom stereocenters. The fraction of sp³-hybridized carbons (Fsp3) is 0.364. The predicted molar refractivity (Wildman–Crippen MR) is 108 cm³/mol. The number of amides is 1. The molecular formula is C22H25N3O3. The van der Waals surface area contributed by atoms with Gasteiger partial charge in [0.2, 0.25) is 5.91 Å². The zero-order chi connectivity index (χ0) is 19.3. The molecule has 0 aliphatic carbocycles. The molecule has 0 spiro atoms. The molecule has 1 atom stereocenters. The van der Waals surface area contributed by atoms with Crippen LogP contribution in [0.4, 0.5) is 0 Å². The first-order chi connectivity index (χ1) is 13.7. The van der Waals surface area contributed by atoms with Gasteiger partial charge in [-0.1, -0.05) is 24.3 Å². The van der Waals surface area contributed by atoms with Crippen LogP contribution in [0, 0.1) is 0 Å². The van der Waals surface area contributed by atoms with Gasteiger partial charge < -0.3 is 19.4 Å². The number of hydrogen-bond donors (Lipinski definition) is 1. The number of carbonyl (C=O) groups is 1. The smallest absolute Gasteiger partial charge is 0.240 e. The molecule has 1 fully saturated rings. The lowest BCUT2D eigenvalue weighted by atomic mass is 10.1. The molecule has 0 bridgehead atoms. The number of aromatic nitrogens is 2. The molecule has 1 aromatic heterocycles. The molecule has 6 heteroatoms. The molecule has 1 aliphatic heterocycles. The summed E-state index contributed by atoms with van der Waals surface area (Å²) in [5.41, 5.74) is 2.99. The van der Waals surface area contributed by atoms with Crippen LogP contribution >= 0.6 is 0 Å². The number of methoxy groups -OCH3 is 1. The van der Waals surface area contributed by atoms with E-state index in [0.717, 1.165) is 47.6 Å². The van der Waals surface area contributed by atoms with Crippen molar-refractivity contribution in [2.75, 3.05) is 20.3 Å². The lowest BCUT2D eigenvalue weighted by Gasteiger charge is -2.13. The van der Waals surface area contributed by atoms with Crippen LogP contribution in [0.3, 0.4) is 0 Å². The minimum atomic E-state index is -0.0189. The number of nitrogens with zero attached hydrogens (tertiary/aromatic N) is 2. The molecule has 4 rings (SSSR count). The molecule has 6 nitrogen and oxygen atoms in total. The summed E-state index contributed by atoms with van der Waals surface area (Å²) in [6.07, 6.45) is 2.87. The van der Waals surface area contributed by atoms with E-state index in [9.17, 15) is 4.79 Å². The maximum atomic E-state index is 12.6. The van der Waals surface area contributed by atoms with E-state index in [1.54, 1.807) is 7.11 Å². The molecule has 28 heavy (non-hydrogen) atoms. The molecule has 2 aromatic carbocycles. The first-order valence-corrected chi connectivity index (χ1v) is 9.68. The van der Waals surface area contributed by atoms with Crippen molar-refractivity contribution >= 4 is 16.9 Å². The van der Waals surface area contributed by atoms with Crippen molar-refractivity contribution in [1.29, 1.82) is 0 Å². The number of rotatable bonds is 7. The summed E-state index contributed by atoms with van der Waals surface area (Å²) in [5.74, 6) is 1.68. The highest BCUT2D eigenvalue weighted by atomic mass is 16.5. The summed E-state index contributed by atoms with van der Waals surface area (Å²) in [6.45, 7) is 1.61. The highest BCUT2D eigenvalue weighted by Gasteiger charge is 2.18. The van der Waals surface area contributed by atoms with Gasteiger partial charge in [-0.25, -0.2) is 4.98 Å². The van der Waals surface area contributed by atoms with Gasteiger partial charge in [-0.15, -0.1) is 0 Å². The largest absolute Gasteiger partial charge is 0.497 e. The maximum absolute atomic E-state index is 12.6. The van der Waals surface area contributed by atoms with Crippen molar-refractivity contribution in [3.8, 4) is 5.75 Å². The Morgan fingerprint density at radius 1 is 1.25 bits per heavy atom. The Labute approximate surface area is 164 Å². The van der Waals surface area contributed by atoms with Gasteiger partial charge in [0, 0.05) is 19.6 Å². The second-order valence-electron chi connectivity index (χ2n) is 7.07. The summed E-state index contributed by atoms with van der Waals surface area (Å²) >= 11 is 0. The third-order valence-corrected chi connectivity index (χ3v) is 5.11. The number of para-hydroxylation sites is 2. The van der Waals surface area contributed by atoms with E-state index in [4.69, 9.17) is 14.5 Å². The molecule has 1 N–H and O–H groups in total. The van der Waals surface area contributed by atoms with Crippen molar-refractivity contribution in [3.05, 3.63) is 59.9 Å². The zero-order valence-electron chi connectivity index (χ0n) is 16.1. The molecule has 0 saturated carbocycles. The fourth-order valence-corrected chi connectivity index (χ4v) is 3.60. The number of benzene rings is 2. The van der Waals surface area contributed by atoms with Gasteiger partial charge in [-0.3, -0.25) is 4.79 Å². The zero-order valence-corrected chi connectivity index (χ0v) is 16.1. The van der Waals surface area contributed by atoms with Crippen molar-refractivity contribution in [2.24, 2.45) is 0 Å². The van der Waals surface area contributed by atoms with Crippen molar-refractivity contribution in [2.45, 2.75) is 31.9 Å². The Hall–Kier alpha value is -2.86. The lowest BCUT2D eigenvalue weighted by Crippen LogP contribution is -2.34. The van der Waals surface area contributed by atoms with E-state index in [-0.39, 0.29) is 18.6 Å². The number of fused-ring (bicyclic) bond motifs is 1. The number of hydrogen-bond acceptors (Lipinski definition) is 4. The second-order valence-corrected chi connectivity index (χ2v) is 7.07. The van der Waals surface area contributed by atoms with Gasteiger partial charge in [-0.05, 0) is 42.7 Å². The standard InChI is InChI=1S/C22H25N3O3/c1-27-17-10-8-16(9-11-17)13-21-24-19-6-2-3-7-20(19)25(21)15-22(26)23-14-18-5-4-12-28-18/h2-3,6-11,18H,4-5,12-15H2,1H3,(H,23,26). The van der Waals surface area contributed by atoms with E-state index in [0.29, 0.717) is 13.0 Å². The Morgan fingerprint density at radius 2 is 2.07 bits per heavy atom. The average Bonchev–Trinajstić information content (AvgIpc) is 3.36. The van der Waals surface area contributed by atoms with Crippen LogP contribution in [-0.4, -0.2) is 41.8 Å². The van der Waals surface area contributed by atoms with Crippen LogP contribution in [0.1, 0.15) is 24.2 Å². The molecule has 1 amide bonds. The Morgan fingerprint density at radius 3 is 2.82 bits per heavy atom. The van der Waals surface area contributed by atoms with Crippen molar-refractivity contribution in [1.82, 2.24) is 14.9 Å². The minimum Gasteiger partial charge on any atom is -0.497 e. The number of nitrogens with one attached hydrogen (secondary N) is 1. The SMILES string of the molecule is COc1ccc(Cc2nc3ccccc3n2CC(=O)NCC2CCCO2)cc1. The van der Waals surface area contributed by atoms with Gasteiger partial charge in [0.15, 0.2) is 0 Å². The average molecular weight is 379 g/mol. The Balaban J connectivity index is 1.53. The molecule has 2 heterocycles. The number of imidazole rings is 1. The third kappa shape index (κ3) is 4.17. The Bertz CT molecular complexity index is 943. The monoisotopic (exact) mass is 379 g/mol. The van der Waals surface area contributed by atoms with Gasteiger partial charge in [0.05, 0.1) is 24.2 Å². The van der Waals surface area contributed by atoms with Crippen molar-refractivity contribution < 1.29 is 14.3 Å². The quantitative estimate of drug-likeness (QED) is 0.686. The van der Waals surface area contributed by atoms with Crippen LogP contribution in [0.25, 0.3) is 11.0 Å². The van der Waals surface area contributed by atoms with Crippen LogP contribution in [0.2, 0.25) is 0 Å². The third-order valence-electron chi connectivity index (χ3n) is 5.11. The highest BCUT2D eigenvalue weighted by molar-refractivity contribution is 5.81. The highest BCUT2D eigenvalue weighted by Crippen LogP contribution is 2.20. The van der Waals surface area contributed by atoms with Gasteiger partial charge in [0.25, 0.3) is 0 Å². The van der Waals surface area contributed by atoms with Crippen LogP contribution in [-0.2, 0) is 22.5 Å². The Kier molecular flexibility index (Phi) is 5.58. The van der Waals surface area contributed by atoms with Crippen LogP contribution in [0.15, 0.2) is 48.5 Å². The molecule has 3 aromatic rings.